The molecule has 0 bridgehead atoms. The molecule has 0 aromatic heterocycles. The molecule has 156 valence electrons. The van der Waals surface area contributed by atoms with Crippen LogP contribution in [0.2, 0.25) is 0 Å². The summed E-state index contributed by atoms with van der Waals surface area (Å²) in [5.74, 6) is 7.15. The highest BCUT2D eigenvalue weighted by atomic mass is 14.6. The van der Waals surface area contributed by atoms with E-state index in [1.165, 1.54) is 32.1 Å². The van der Waals surface area contributed by atoms with E-state index in [-0.39, 0.29) is 0 Å². The Balaban J connectivity index is 1.46. The molecule has 0 nitrogen and oxygen atoms in total. The maximum atomic E-state index is 2.75. The van der Waals surface area contributed by atoms with Gasteiger partial charge in [0.25, 0.3) is 0 Å². The first kappa shape index (κ1) is 20.3. The number of fused-ring (bicyclic) bond motifs is 5. The molecular weight excluding hydrogens is 324 g/mol. The molecule has 4 saturated carbocycles. The van der Waals surface area contributed by atoms with Crippen LogP contribution in [-0.2, 0) is 0 Å². The van der Waals surface area contributed by atoms with E-state index in [9.17, 15) is 0 Å². The fraction of sp³-hybridized carbons (Fsp3) is 1.00. The lowest BCUT2D eigenvalue weighted by Crippen LogP contribution is -2.53. The van der Waals surface area contributed by atoms with Crippen molar-refractivity contribution in [2.24, 2.45) is 52.3 Å². The van der Waals surface area contributed by atoms with Gasteiger partial charge < -0.3 is 0 Å². The molecule has 0 radical (unpaired) electrons. The molecule has 0 aliphatic heterocycles. The summed E-state index contributed by atoms with van der Waals surface area (Å²) in [7, 11) is 0. The topological polar surface area (TPSA) is 0 Å². The smallest absolute Gasteiger partial charge is 0.0264 e. The summed E-state index contributed by atoms with van der Waals surface area (Å²) in [5.41, 5.74) is 1.39. The van der Waals surface area contributed by atoms with Crippen LogP contribution in [-0.4, -0.2) is 0 Å². The molecule has 0 amide bonds. The zero-order valence-corrected chi connectivity index (χ0v) is 19.2. The normalized spacial score (nSPS) is 48.0. The first-order valence-corrected chi connectivity index (χ1v) is 12.9. The van der Waals surface area contributed by atoms with Crippen LogP contribution < -0.4 is 0 Å². The predicted octanol–water partition coefficient (Wildman–Crippen LogP) is 8.50. The highest BCUT2D eigenvalue weighted by Crippen LogP contribution is 2.68. The van der Waals surface area contributed by atoms with Crippen LogP contribution in [0.3, 0.4) is 0 Å². The highest BCUT2D eigenvalue weighted by Gasteiger charge is 2.59. The molecule has 6 unspecified atom stereocenters. The minimum Gasteiger partial charge on any atom is -0.0628 e. The Morgan fingerprint density at radius 1 is 0.741 bits per heavy atom. The van der Waals surface area contributed by atoms with Gasteiger partial charge >= 0.3 is 0 Å². The Labute approximate surface area is 170 Å². The molecule has 0 saturated heterocycles. The van der Waals surface area contributed by atoms with Gasteiger partial charge in [-0.15, -0.1) is 0 Å². The average molecular weight is 373 g/mol. The molecule has 0 aromatic rings. The molecule has 4 aliphatic rings. The molecule has 4 fully saturated rings. The predicted molar refractivity (Wildman–Crippen MR) is 118 cm³/mol. The zero-order valence-electron chi connectivity index (χ0n) is 19.2. The molecule has 0 heterocycles. The third kappa shape index (κ3) is 3.44. The lowest BCUT2D eigenvalue weighted by molar-refractivity contribution is -0.114. The molecule has 0 N–H and O–H groups in total. The van der Waals surface area contributed by atoms with Gasteiger partial charge in [-0.05, 0) is 104 Å². The van der Waals surface area contributed by atoms with Crippen molar-refractivity contribution in [3.8, 4) is 0 Å². The van der Waals surface area contributed by atoms with Gasteiger partial charge in [-0.3, -0.25) is 0 Å². The zero-order chi connectivity index (χ0) is 19.2. The molecule has 4 aliphatic carbocycles. The Hall–Kier alpha value is 0. The van der Waals surface area contributed by atoms with E-state index in [0.29, 0.717) is 10.8 Å². The highest BCUT2D eigenvalue weighted by molar-refractivity contribution is 5.09. The van der Waals surface area contributed by atoms with Gasteiger partial charge in [0, 0.05) is 0 Å². The summed E-state index contributed by atoms with van der Waals surface area (Å²) >= 11 is 0. The van der Waals surface area contributed by atoms with Crippen LogP contribution in [0.25, 0.3) is 0 Å². The molecular formula is C27H48. The monoisotopic (exact) mass is 372 g/mol. The Kier molecular flexibility index (Phi) is 5.77. The quantitative estimate of drug-likeness (QED) is 0.453. The first-order valence-electron chi connectivity index (χ1n) is 12.9. The van der Waals surface area contributed by atoms with Crippen molar-refractivity contribution in [3.05, 3.63) is 0 Å². The average Bonchev–Trinajstić information content (AvgIpc) is 2.98. The van der Waals surface area contributed by atoms with Crippen molar-refractivity contribution in [2.45, 2.75) is 118 Å². The fourth-order valence-corrected chi connectivity index (χ4v) is 9.32. The van der Waals surface area contributed by atoms with Crippen molar-refractivity contribution in [3.63, 3.8) is 0 Å². The van der Waals surface area contributed by atoms with E-state index in [1.807, 2.05) is 0 Å². The van der Waals surface area contributed by atoms with Crippen molar-refractivity contribution < 1.29 is 0 Å². The van der Waals surface area contributed by atoms with Crippen LogP contribution >= 0.6 is 0 Å². The maximum Gasteiger partial charge on any atom is -0.0264 e. The van der Waals surface area contributed by atoms with E-state index in [4.69, 9.17) is 0 Å². The van der Waals surface area contributed by atoms with Crippen LogP contribution in [0.1, 0.15) is 118 Å². The lowest BCUT2D eigenvalue weighted by atomic mass is 9.44. The lowest BCUT2D eigenvalue weighted by Gasteiger charge is -2.61. The summed E-state index contributed by atoms with van der Waals surface area (Å²) in [4.78, 5) is 0. The SMILES string of the molecule is CC(C)CCCC(C)C1CCC2C3CCC4CCCC[C@]4(C)C3CC[C@]12C. The Bertz CT molecular complexity index is 506. The van der Waals surface area contributed by atoms with Crippen LogP contribution in [0, 0.1) is 52.3 Å². The molecule has 0 spiro atoms. The van der Waals surface area contributed by atoms with Gasteiger partial charge in [0.15, 0.2) is 0 Å². The maximum absolute atomic E-state index is 2.75. The van der Waals surface area contributed by atoms with Crippen molar-refractivity contribution >= 4 is 0 Å². The number of hydrogen-bond donors (Lipinski definition) is 0. The minimum absolute atomic E-state index is 0.677. The largest absolute Gasteiger partial charge is 0.0628 e. The van der Waals surface area contributed by atoms with Gasteiger partial charge in [0.1, 0.15) is 0 Å². The molecule has 27 heavy (non-hydrogen) atoms. The van der Waals surface area contributed by atoms with Crippen molar-refractivity contribution in [1.82, 2.24) is 0 Å². The van der Waals surface area contributed by atoms with Crippen molar-refractivity contribution in [2.75, 3.05) is 0 Å². The molecule has 4 rings (SSSR count). The van der Waals surface area contributed by atoms with Crippen LogP contribution in [0.5, 0.6) is 0 Å². The molecule has 0 aromatic carbocycles. The van der Waals surface area contributed by atoms with E-state index >= 15 is 0 Å². The van der Waals surface area contributed by atoms with Gasteiger partial charge in [0.2, 0.25) is 0 Å². The van der Waals surface area contributed by atoms with Gasteiger partial charge in [0.05, 0.1) is 0 Å². The Morgan fingerprint density at radius 3 is 2.30 bits per heavy atom. The summed E-state index contributed by atoms with van der Waals surface area (Å²) in [5, 5.41) is 0. The summed E-state index contributed by atoms with van der Waals surface area (Å²) < 4.78 is 0. The van der Waals surface area contributed by atoms with E-state index in [1.54, 1.807) is 51.4 Å². The summed E-state index contributed by atoms with van der Waals surface area (Å²) in [6, 6.07) is 0. The molecule has 0 heteroatoms. The van der Waals surface area contributed by atoms with Gasteiger partial charge in [-0.2, -0.15) is 0 Å². The van der Waals surface area contributed by atoms with Gasteiger partial charge in [-0.1, -0.05) is 66.7 Å². The minimum atomic E-state index is 0.677. The number of rotatable bonds is 5. The molecule has 8 atom stereocenters. The van der Waals surface area contributed by atoms with Crippen LogP contribution in [0.15, 0.2) is 0 Å². The van der Waals surface area contributed by atoms with Gasteiger partial charge in [-0.25, -0.2) is 0 Å². The standard InChI is InChI=1S/C27H48/c1-19(2)9-8-10-20(3)23-14-15-24-22-13-12-21-11-6-7-17-26(21,4)25(22)16-18-27(23,24)5/h19-25H,6-18H2,1-5H3/t20?,21?,22?,23?,24?,25?,26-,27+/m0/s1. The van der Waals surface area contributed by atoms with E-state index in [2.05, 4.69) is 34.6 Å². The summed E-state index contributed by atoms with van der Waals surface area (Å²) in [6.45, 7) is 12.9. The summed E-state index contributed by atoms with van der Waals surface area (Å²) in [6.07, 6.45) is 19.9. The second-order valence-corrected chi connectivity index (χ2v) is 12.4. The third-order valence-electron chi connectivity index (χ3n) is 10.8. The third-order valence-corrected chi connectivity index (χ3v) is 10.8. The second-order valence-electron chi connectivity index (χ2n) is 12.4. The van der Waals surface area contributed by atoms with Crippen LogP contribution in [0.4, 0.5) is 0 Å². The van der Waals surface area contributed by atoms with Crippen molar-refractivity contribution in [1.29, 1.82) is 0 Å². The first-order chi connectivity index (χ1) is 12.9. The van der Waals surface area contributed by atoms with E-state index in [0.717, 1.165) is 41.4 Å². The Morgan fingerprint density at radius 2 is 1.52 bits per heavy atom. The second kappa shape index (κ2) is 7.68. The fourth-order valence-electron chi connectivity index (χ4n) is 9.32. The van der Waals surface area contributed by atoms with E-state index < -0.39 is 0 Å². The number of hydrogen-bond acceptors (Lipinski definition) is 0.